The summed E-state index contributed by atoms with van der Waals surface area (Å²) in [6, 6.07) is 11.3. The van der Waals surface area contributed by atoms with Gasteiger partial charge in [0.2, 0.25) is 5.91 Å². The summed E-state index contributed by atoms with van der Waals surface area (Å²) in [5.74, 6) is -0.204. The average molecular weight is 626 g/mol. The third-order valence-corrected chi connectivity index (χ3v) is 8.85. The van der Waals surface area contributed by atoms with Gasteiger partial charge in [-0.2, -0.15) is 5.10 Å². The van der Waals surface area contributed by atoms with E-state index in [-0.39, 0.29) is 41.3 Å². The first kappa shape index (κ1) is 31.3. The Labute approximate surface area is 263 Å². The molecule has 0 unspecified atom stereocenters. The molecule has 228 valence electrons. The zero-order valence-corrected chi connectivity index (χ0v) is 26.7. The number of aromatic nitrogens is 2. The number of nitrogens with zero attached hydrogens (tertiary/aromatic N) is 3. The fraction of sp³-hybridized carbons (Fsp3) is 0.441. The van der Waals surface area contributed by atoms with Gasteiger partial charge >= 0.3 is 0 Å². The molecule has 1 fully saturated rings. The van der Waals surface area contributed by atoms with Gasteiger partial charge in [-0.25, -0.2) is 9.07 Å². The van der Waals surface area contributed by atoms with E-state index < -0.39 is 0 Å². The zero-order valence-electron chi connectivity index (χ0n) is 25.2. The largest absolute Gasteiger partial charge is 0.348 e. The van der Waals surface area contributed by atoms with Gasteiger partial charge in [-0.05, 0) is 78.6 Å². The Bertz CT molecular complexity index is 1530. The van der Waals surface area contributed by atoms with Crippen molar-refractivity contribution < 1.29 is 14.0 Å². The Balaban J connectivity index is 1.64. The van der Waals surface area contributed by atoms with E-state index in [1.165, 1.54) is 31.4 Å². The first-order valence-electron chi connectivity index (χ1n) is 15.0. The van der Waals surface area contributed by atoms with Gasteiger partial charge in [-0.1, -0.05) is 75.4 Å². The Morgan fingerprint density at radius 1 is 1.07 bits per heavy atom. The van der Waals surface area contributed by atoms with Crippen LogP contribution in [-0.2, 0) is 11.3 Å². The molecule has 5 rings (SSSR count). The smallest absolute Gasteiger partial charge is 0.272 e. The predicted molar refractivity (Wildman–Crippen MR) is 171 cm³/mol. The van der Waals surface area contributed by atoms with Crippen molar-refractivity contribution in [2.24, 2.45) is 11.3 Å². The molecule has 1 saturated carbocycles. The topological polar surface area (TPSA) is 67.2 Å². The lowest BCUT2D eigenvalue weighted by Gasteiger charge is -2.32. The summed E-state index contributed by atoms with van der Waals surface area (Å²) in [4.78, 5) is 29.3. The van der Waals surface area contributed by atoms with Crippen molar-refractivity contribution in [1.29, 1.82) is 0 Å². The quantitative estimate of drug-likeness (QED) is 0.300. The highest BCUT2D eigenvalue weighted by Gasteiger charge is 2.35. The molecule has 2 aliphatic rings. The van der Waals surface area contributed by atoms with Crippen LogP contribution >= 0.6 is 23.2 Å². The summed E-state index contributed by atoms with van der Waals surface area (Å²) in [7, 11) is 0. The van der Waals surface area contributed by atoms with Gasteiger partial charge < -0.3 is 10.2 Å². The Hall–Kier alpha value is -3.16. The second-order valence-corrected chi connectivity index (χ2v) is 13.9. The van der Waals surface area contributed by atoms with Crippen LogP contribution < -0.4 is 5.32 Å². The molecular formula is C34H39Cl2FN4O2. The highest BCUT2D eigenvalue weighted by atomic mass is 35.5. The van der Waals surface area contributed by atoms with Crippen molar-refractivity contribution in [3.05, 3.63) is 80.8 Å². The van der Waals surface area contributed by atoms with Gasteiger partial charge in [-0.15, -0.1) is 0 Å². The highest BCUT2D eigenvalue weighted by molar-refractivity contribution is 6.35. The van der Waals surface area contributed by atoms with Gasteiger partial charge in [0.15, 0.2) is 5.69 Å². The van der Waals surface area contributed by atoms with Gasteiger partial charge in [-0.3, -0.25) is 9.59 Å². The first-order chi connectivity index (χ1) is 20.4. The van der Waals surface area contributed by atoms with Gasteiger partial charge in [0.05, 0.1) is 22.9 Å². The number of halogens is 3. The molecule has 1 N–H and O–H groups in total. The second kappa shape index (κ2) is 12.8. The molecule has 3 aromatic rings. The SMILES string of the molecule is C[C@H](NC(=O)c1nn(-c2ccc(Cl)cc2Cl)c2c1CN(C(=O)CC(C)(C)C)C/C2=C\c1ccc(F)cc1)C1CCCCC1. The van der Waals surface area contributed by atoms with Crippen molar-refractivity contribution in [3.8, 4) is 5.69 Å². The minimum absolute atomic E-state index is 0.0100. The number of carbonyl (C=O) groups excluding carboxylic acids is 2. The number of amides is 2. The number of hydrogen-bond donors (Lipinski definition) is 1. The summed E-state index contributed by atoms with van der Waals surface area (Å²) >= 11 is 12.9. The molecule has 9 heteroatoms. The summed E-state index contributed by atoms with van der Waals surface area (Å²) in [6.07, 6.45) is 8.03. The van der Waals surface area contributed by atoms with Gasteiger partial charge in [0, 0.05) is 29.6 Å². The standard InChI is InChI=1S/C34H39Cl2FN4O2/c1-21(23-8-6-5-7-9-23)38-33(43)31-27-20-40(30(42)18-34(2,3)4)19-24(16-22-10-13-26(37)14-11-22)32(27)41(39-31)29-15-12-25(35)17-28(29)36/h10-17,21,23H,5-9,18-20H2,1-4H3,(H,38,43)/b24-16+/t21-/m0/s1. The van der Waals surface area contributed by atoms with Crippen LogP contribution in [-0.4, -0.2) is 39.1 Å². The minimum Gasteiger partial charge on any atom is -0.348 e. The summed E-state index contributed by atoms with van der Waals surface area (Å²) < 4.78 is 15.5. The lowest BCUT2D eigenvalue weighted by Crippen LogP contribution is -2.41. The predicted octanol–water partition coefficient (Wildman–Crippen LogP) is 8.34. The van der Waals surface area contributed by atoms with Crippen molar-refractivity contribution in [3.63, 3.8) is 0 Å². The van der Waals surface area contributed by atoms with Crippen LogP contribution in [0.25, 0.3) is 17.3 Å². The van der Waals surface area contributed by atoms with E-state index in [2.05, 4.69) is 12.2 Å². The fourth-order valence-corrected chi connectivity index (χ4v) is 6.60. The molecule has 6 nitrogen and oxygen atoms in total. The van der Waals surface area contributed by atoms with Gasteiger partial charge in [0.1, 0.15) is 5.82 Å². The Kier molecular flexibility index (Phi) is 9.33. The lowest BCUT2D eigenvalue weighted by molar-refractivity contribution is -0.133. The Morgan fingerprint density at radius 3 is 2.42 bits per heavy atom. The molecule has 1 aliphatic heterocycles. The van der Waals surface area contributed by atoms with Crippen LogP contribution in [0.15, 0.2) is 42.5 Å². The van der Waals surface area contributed by atoms with E-state index >= 15 is 0 Å². The van der Waals surface area contributed by atoms with E-state index in [0.717, 1.165) is 24.0 Å². The van der Waals surface area contributed by atoms with Crippen molar-refractivity contribution >= 4 is 46.7 Å². The number of carbonyl (C=O) groups is 2. The molecule has 0 spiro atoms. The molecule has 43 heavy (non-hydrogen) atoms. The average Bonchev–Trinajstić information content (AvgIpc) is 3.33. The highest BCUT2D eigenvalue weighted by Crippen LogP contribution is 2.37. The third-order valence-electron chi connectivity index (χ3n) is 8.31. The lowest BCUT2D eigenvalue weighted by atomic mass is 9.84. The van der Waals surface area contributed by atoms with Crippen LogP contribution in [0.2, 0.25) is 10.0 Å². The second-order valence-electron chi connectivity index (χ2n) is 13.1. The van der Waals surface area contributed by atoms with E-state index in [1.807, 2.05) is 26.8 Å². The molecule has 2 heterocycles. The molecule has 2 amide bonds. The molecular weight excluding hydrogens is 586 g/mol. The molecule has 0 bridgehead atoms. The van der Waals surface area contributed by atoms with Crippen LogP contribution in [0.5, 0.6) is 0 Å². The Morgan fingerprint density at radius 2 is 1.77 bits per heavy atom. The third kappa shape index (κ3) is 7.32. The first-order valence-corrected chi connectivity index (χ1v) is 15.8. The maximum absolute atomic E-state index is 14.0. The maximum atomic E-state index is 14.0. The van der Waals surface area contributed by atoms with E-state index in [4.69, 9.17) is 28.3 Å². The maximum Gasteiger partial charge on any atom is 0.272 e. The molecule has 1 aliphatic carbocycles. The van der Waals surface area contributed by atoms with Crippen molar-refractivity contribution in [2.75, 3.05) is 6.54 Å². The number of nitrogens with one attached hydrogen (secondary N) is 1. The normalized spacial score (nSPS) is 17.6. The van der Waals surface area contributed by atoms with E-state index in [1.54, 1.807) is 39.9 Å². The van der Waals surface area contributed by atoms with Gasteiger partial charge in [0.25, 0.3) is 5.91 Å². The fourth-order valence-electron chi connectivity index (χ4n) is 6.11. The number of rotatable bonds is 6. The molecule has 1 atom stereocenters. The van der Waals surface area contributed by atoms with Crippen LogP contribution in [0.3, 0.4) is 0 Å². The van der Waals surface area contributed by atoms with Crippen LogP contribution in [0.4, 0.5) is 4.39 Å². The van der Waals surface area contributed by atoms with E-state index in [0.29, 0.717) is 45.9 Å². The van der Waals surface area contributed by atoms with Crippen molar-refractivity contribution in [1.82, 2.24) is 20.0 Å². The van der Waals surface area contributed by atoms with Crippen LogP contribution in [0, 0.1) is 17.2 Å². The molecule has 0 saturated heterocycles. The monoisotopic (exact) mass is 624 g/mol. The number of fused-ring (bicyclic) bond motifs is 1. The molecule has 0 radical (unpaired) electrons. The number of benzene rings is 2. The molecule has 2 aromatic carbocycles. The summed E-state index contributed by atoms with van der Waals surface area (Å²) in [5, 5.41) is 8.95. The summed E-state index contributed by atoms with van der Waals surface area (Å²) in [5.41, 5.74) is 3.51. The summed E-state index contributed by atoms with van der Waals surface area (Å²) in [6.45, 7) is 8.68. The molecule has 1 aromatic heterocycles. The van der Waals surface area contributed by atoms with E-state index in [9.17, 15) is 14.0 Å². The zero-order chi connectivity index (χ0) is 30.9. The van der Waals surface area contributed by atoms with Crippen LogP contribution in [0.1, 0.15) is 93.5 Å². The number of hydrogen-bond acceptors (Lipinski definition) is 3. The van der Waals surface area contributed by atoms with Crippen molar-refractivity contribution in [2.45, 2.75) is 78.8 Å². The minimum atomic E-state index is -0.336.